The Labute approximate surface area is 228 Å². The van der Waals surface area contributed by atoms with Gasteiger partial charge in [0, 0.05) is 52.8 Å². The summed E-state index contributed by atoms with van der Waals surface area (Å²) in [7, 11) is 0. The topological polar surface area (TPSA) is 90.9 Å². The first-order chi connectivity index (χ1) is 18.7. The highest BCUT2D eigenvalue weighted by Gasteiger charge is 2.19. The van der Waals surface area contributed by atoms with E-state index in [1.807, 2.05) is 48.5 Å². The van der Waals surface area contributed by atoms with Crippen molar-refractivity contribution in [1.82, 2.24) is 19.9 Å². The molecule has 4 aromatic rings. The highest BCUT2D eigenvalue weighted by atomic mass is 35.5. The predicted molar refractivity (Wildman–Crippen MR) is 156 cm³/mol. The van der Waals surface area contributed by atoms with Crippen molar-refractivity contribution in [2.75, 3.05) is 33.9 Å². The third kappa shape index (κ3) is 5.91. The van der Waals surface area contributed by atoms with Gasteiger partial charge in [-0.15, -0.1) is 0 Å². The maximum Gasteiger partial charge on any atom is 0.233 e. The molecule has 196 valence electrons. The van der Waals surface area contributed by atoms with Crippen LogP contribution in [0.3, 0.4) is 0 Å². The maximum absolute atomic E-state index is 6.14. The van der Waals surface area contributed by atoms with Gasteiger partial charge in [0.15, 0.2) is 0 Å². The Balaban J connectivity index is 1.20. The standard InChI is InChI=1S/C29H33ClN8/c30-20-9-14-24-25(15-16-31-26(24)19-20)32-22-10-12-23(13-11-22)34-28-35-27(33-21-7-3-1-4-8-21)36-29(37-28)38-17-5-2-6-18-38/h9-16,19,21H,1-8,17-18H2,(H,31,32)(H2,33,34,35,36,37). The summed E-state index contributed by atoms with van der Waals surface area (Å²) in [5.41, 5.74) is 3.73. The minimum absolute atomic E-state index is 0.429. The zero-order chi connectivity index (χ0) is 25.7. The first-order valence-corrected chi connectivity index (χ1v) is 14.0. The molecular weight excluding hydrogens is 496 g/mol. The van der Waals surface area contributed by atoms with Crippen LogP contribution in [0.5, 0.6) is 0 Å². The normalized spacial score (nSPS) is 16.4. The molecule has 1 aliphatic carbocycles. The first-order valence-electron chi connectivity index (χ1n) is 13.7. The second-order valence-electron chi connectivity index (χ2n) is 10.2. The molecule has 0 unspecified atom stereocenters. The minimum Gasteiger partial charge on any atom is -0.355 e. The molecule has 0 bridgehead atoms. The van der Waals surface area contributed by atoms with Gasteiger partial charge < -0.3 is 20.9 Å². The highest BCUT2D eigenvalue weighted by Crippen LogP contribution is 2.29. The lowest BCUT2D eigenvalue weighted by Gasteiger charge is -2.28. The summed E-state index contributed by atoms with van der Waals surface area (Å²) < 4.78 is 0. The molecule has 0 atom stereocenters. The second-order valence-corrected chi connectivity index (χ2v) is 10.6. The molecule has 2 aromatic carbocycles. The van der Waals surface area contributed by atoms with E-state index in [9.17, 15) is 0 Å². The lowest BCUT2D eigenvalue weighted by molar-refractivity contribution is 0.460. The van der Waals surface area contributed by atoms with E-state index in [2.05, 4.69) is 25.8 Å². The SMILES string of the molecule is Clc1ccc2c(Nc3ccc(Nc4nc(NC5CCCCC5)nc(N5CCCCC5)n4)cc3)ccnc2c1. The number of nitrogens with one attached hydrogen (secondary N) is 3. The Hall–Kier alpha value is -3.65. The van der Waals surface area contributed by atoms with E-state index in [0.29, 0.717) is 23.0 Å². The van der Waals surface area contributed by atoms with Gasteiger partial charge in [-0.25, -0.2) is 0 Å². The fraction of sp³-hybridized carbons (Fsp3) is 0.379. The fourth-order valence-corrected chi connectivity index (χ4v) is 5.47. The monoisotopic (exact) mass is 528 g/mol. The van der Waals surface area contributed by atoms with Crippen LogP contribution >= 0.6 is 11.6 Å². The summed E-state index contributed by atoms with van der Waals surface area (Å²) in [5, 5.41) is 12.2. The van der Waals surface area contributed by atoms with Gasteiger partial charge in [-0.1, -0.05) is 30.9 Å². The number of piperidine rings is 1. The van der Waals surface area contributed by atoms with Gasteiger partial charge in [-0.3, -0.25) is 4.98 Å². The molecule has 38 heavy (non-hydrogen) atoms. The van der Waals surface area contributed by atoms with Crippen molar-refractivity contribution in [3.05, 3.63) is 59.8 Å². The van der Waals surface area contributed by atoms with Crippen molar-refractivity contribution in [2.45, 2.75) is 57.4 Å². The molecule has 1 saturated carbocycles. The summed E-state index contributed by atoms with van der Waals surface area (Å²) in [6.07, 6.45) is 11.6. The number of benzene rings is 2. The van der Waals surface area contributed by atoms with Gasteiger partial charge in [0.2, 0.25) is 17.8 Å². The number of pyridine rings is 1. The van der Waals surface area contributed by atoms with E-state index in [-0.39, 0.29) is 0 Å². The molecule has 1 saturated heterocycles. The van der Waals surface area contributed by atoms with Crippen LogP contribution in [0.1, 0.15) is 51.4 Å². The van der Waals surface area contributed by atoms with Crippen LogP contribution in [-0.4, -0.2) is 39.1 Å². The number of aromatic nitrogens is 4. The molecule has 2 aromatic heterocycles. The molecule has 1 aliphatic heterocycles. The van der Waals surface area contributed by atoms with Crippen LogP contribution in [0.2, 0.25) is 5.02 Å². The van der Waals surface area contributed by atoms with Crippen molar-refractivity contribution in [1.29, 1.82) is 0 Å². The largest absolute Gasteiger partial charge is 0.355 e. The molecule has 2 aliphatic rings. The number of rotatable bonds is 7. The van der Waals surface area contributed by atoms with Gasteiger partial charge in [0.25, 0.3) is 0 Å². The van der Waals surface area contributed by atoms with E-state index in [0.717, 1.165) is 47.0 Å². The Morgan fingerprint density at radius 3 is 2.24 bits per heavy atom. The van der Waals surface area contributed by atoms with Gasteiger partial charge in [-0.05, 0) is 80.6 Å². The Kier molecular flexibility index (Phi) is 7.40. The minimum atomic E-state index is 0.429. The Morgan fingerprint density at radius 1 is 0.737 bits per heavy atom. The van der Waals surface area contributed by atoms with E-state index in [1.165, 1.54) is 51.4 Å². The Morgan fingerprint density at radius 2 is 1.45 bits per heavy atom. The van der Waals surface area contributed by atoms with Crippen molar-refractivity contribution in [3.8, 4) is 0 Å². The predicted octanol–water partition coefficient (Wildman–Crippen LogP) is 7.30. The van der Waals surface area contributed by atoms with E-state index in [4.69, 9.17) is 26.6 Å². The van der Waals surface area contributed by atoms with Crippen molar-refractivity contribution in [2.24, 2.45) is 0 Å². The lowest BCUT2D eigenvalue weighted by atomic mass is 9.96. The molecule has 0 radical (unpaired) electrons. The van der Waals surface area contributed by atoms with E-state index in [1.54, 1.807) is 6.20 Å². The molecule has 3 N–H and O–H groups in total. The zero-order valence-corrected chi connectivity index (χ0v) is 22.2. The van der Waals surface area contributed by atoms with Crippen LogP contribution in [0.4, 0.5) is 34.9 Å². The summed E-state index contributed by atoms with van der Waals surface area (Å²) in [6.45, 7) is 1.98. The molecule has 8 nitrogen and oxygen atoms in total. The second kappa shape index (κ2) is 11.4. The van der Waals surface area contributed by atoms with Gasteiger partial charge in [-0.2, -0.15) is 15.0 Å². The van der Waals surface area contributed by atoms with Crippen LogP contribution in [0.25, 0.3) is 10.9 Å². The number of fused-ring (bicyclic) bond motifs is 1. The number of hydrogen-bond donors (Lipinski definition) is 3. The molecule has 0 spiro atoms. The summed E-state index contributed by atoms with van der Waals surface area (Å²) in [4.78, 5) is 21.1. The van der Waals surface area contributed by atoms with Crippen LogP contribution in [0, 0.1) is 0 Å². The first kappa shape index (κ1) is 24.7. The molecule has 9 heteroatoms. The van der Waals surface area contributed by atoms with Crippen molar-refractivity contribution < 1.29 is 0 Å². The maximum atomic E-state index is 6.14. The molecule has 2 fully saturated rings. The Bertz CT molecular complexity index is 1380. The zero-order valence-electron chi connectivity index (χ0n) is 21.5. The molecule has 3 heterocycles. The fourth-order valence-electron chi connectivity index (χ4n) is 5.30. The smallest absolute Gasteiger partial charge is 0.233 e. The van der Waals surface area contributed by atoms with Crippen LogP contribution < -0.4 is 20.9 Å². The quantitative estimate of drug-likeness (QED) is 0.230. The van der Waals surface area contributed by atoms with Gasteiger partial charge >= 0.3 is 0 Å². The lowest BCUT2D eigenvalue weighted by Crippen LogP contribution is -2.32. The molecule has 0 amide bonds. The highest BCUT2D eigenvalue weighted by molar-refractivity contribution is 6.31. The van der Waals surface area contributed by atoms with Crippen LogP contribution in [0.15, 0.2) is 54.7 Å². The van der Waals surface area contributed by atoms with Gasteiger partial charge in [0.05, 0.1) is 5.52 Å². The number of nitrogens with zero attached hydrogens (tertiary/aromatic N) is 5. The number of hydrogen-bond acceptors (Lipinski definition) is 8. The summed E-state index contributed by atoms with van der Waals surface area (Å²) in [6, 6.07) is 16.3. The van der Waals surface area contributed by atoms with Crippen LogP contribution in [-0.2, 0) is 0 Å². The summed E-state index contributed by atoms with van der Waals surface area (Å²) >= 11 is 6.14. The molecule has 6 rings (SSSR count). The van der Waals surface area contributed by atoms with Crippen molar-refractivity contribution in [3.63, 3.8) is 0 Å². The third-order valence-corrected chi connectivity index (χ3v) is 7.56. The summed E-state index contributed by atoms with van der Waals surface area (Å²) in [5.74, 6) is 1.98. The van der Waals surface area contributed by atoms with Gasteiger partial charge in [0.1, 0.15) is 0 Å². The molecular formula is C29H33ClN8. The van der Waals surface area contributed by atoms with Crippen molar-refractivity contribution >= 4 is 57.4 Å². The number of halogens is 1. The average molecular weight is 529 g/mol. The third-order valence-electron chi connectivity index (χ3n) is 7.33. The van der Waals surface area contributed by atoms with E-state index < -0.39 is 0 Å². The van der Waals surface area contributed by atoms with E-state index >= 15 is 0 Å². The number of anilines is 6. The average Bonchev–Trinajstić information content (AvgIpc) is 2.95.